The lowest BCUT2D eigenvalue weighted by atomic mass is 9.73. The van der Waals surface area contributed by atoms with Crippen molar-refractivity contribution in [1.82, 2.24) is 30.4 Å². The Morgan fingerprint density at radius 1 is 0.877 bits per heavy atom. The Labute approximate surface area is 331 Å². The molecule has 4 fully saturated rings. The van der Waals surface area contributed by atoms with Crippen LogP contribution >= 0.6 is 0 Å². The van der Waals surface area contributed by atoms with E-state index in [1.807, 2.05) is 16.0 Å². The number of methoxy groups -OCH3 is 2. The number of hydrogen-bond acceptors (Lipinski definition) is 10. The third kappa shape index (κ3) is 6.30. The minimum atomic E-state index is -0.725. The minimum Gasteiger partial charge on any atom is -0.453 e. The molecular formula is C42H50N8O7. The number of rotatable bonds is 8. The highest BCUT2D eigenvalue weighted by molar-refractivity contribution is 6.05. The van der Waals surface area contributed by atoms with Gasteiger partial charge in [0.05, 0.1) is 51.4 Å². The van der Waals surface area contributed by atoms with E-state index < -0.39 is 29.8 Å². The van der Waals surface area contributed by atoms with Gasteiger partial charge in [-0.25, -0.2) is 14.6 Å². The molecule has 2 unspecified atom stereocenters. The molecule has 2 aromatic carbocycles. The summed E-state index contributed by atoms with van der Waals surface area (Å²) in [5.74, 6) is 2.31. The Morgan fingerprint density at radius 2 is 1.54 bits per heavy atom. The summed E-state index contributed by atoms with van der Waals surface area (Å²) < 4.78 is 15.3. The molecule has 0 bridgehead atoms. The molecule has 4 amide bonds. The Kier molecular flexibility index (Phi) is 9.45. The first-order valence-corrected chi connectivity index (χ1v) is 20.2. The molecule has 1 saturated carbocycles. The molecule has 2 aliphatic carbocycles. The maximum absolute atomic E-state index is 13.5. The number of imidazole rings is 1. The van der Waals surface area contributed by atoms with Gasteiger partial charge in [-0.2, -0.15) is 0 Å². The number of nitrogens with one attached hydrogen (secondary N) is 4. The largest absolute Gasteiger partial charge is 0.453 e. The highest BCUT2D eigenvalue weighted by Gasteiger charge is 2.48. The molecule has 6 aliphatic rings. The summed E-state index contributed by atoms with van der Waals surface area (Å²) >= 11 is 0. The van der Waals surface area contributed by atoms with E-state index in [9.17, 15) is 19.2 Å². The average molecular weight is 779 g/mol. The van der Waals surface area contributed by atoms with Gasteiger partial charge in [0.15, 0.2) is 0 Å². The molecule has 5 heterocycles. The summed E-state index contributed by atoms with van der Waals surface area (Å²) in [7, 11) is 2.57. The monoisotopic (exact) mass is 778 g/mol. The lowest BCUT2D eigenvalue weighted by molar-refractivity contribution is -0.134. The zero-order valence-corrected chi connectivity index (χ0v) is 32.9. The molecule has 15 heteroatoms. The van der Waals surface area contributed by atoms with Gasteiger partial charge in [0.1, 0.15) is 29.3 Å². The molecule has 57 heavy (non-hydrogen) atoms. The molecule has 9 rings (SSSR count). The number of H-pyrrole nitrogens is 1. The number of aromatic nitrogens is 2. The van der Waals surface area contributed by atoms with Gasteiger partial charge in [-0.3, -0.25) is 14.6 Å². The van der Waals surface area contributed by atoms with Crippen LogP contribution in [0.3, 0.4) is 0 Å². The SMILES string of the molecule is COC(=O)N[C@@H](C)C(=O)N1CCC[C@H]1C1=NC2(COC2)c2cc(-c3ccc(-c4cnc([C@@H]5CCCN5C(=O)[C@H](C)NC(=O)OC)[nH]4)c4c3CC3CCC43)ccc2N1. The van der Waals surface area contributed by atoms with Crippen LogP contribution in [-0.4, -0.2) is 108 Å². The molecule has 6 atom stereocenters. The van der Waals surface area contributed by atoms with E-state index in [0.29, 0.717) is 38.1 Å². The number of nitrogens with zero attached hydrogens (tertiary/aromatic N) is 4. The number of alkyl carbamates (subject to hydrolysis) is 2. The number of benzene rings is 2. The number of fused-ring (bicyclic) bond motifs is 5. The summed E-state index contributed by atoms with van der Waals surface area (Å²) in [6.45, 7) is 5.46. The van der Waals surface area contributed by atoms with Gasteiger partial charge in [-0.05, 0) is 105 Å². The lowest BCUT2D eigenvalue weighted by Crippen LogP contribution is -2.55. The lowest BCUT2D eigenvalue weighted by Gasteiger charge is -2.44. The number of ether oxygens (including phenoxy) is 3. The Morgan fingerprint density at radius 3 is 2.18 bits per heavy atom. The Bertz CT molecular complexity index is 2160. The third-order valence-electron chi connectivity index (χ3n) is 13.1. The zero-order chi connectivity index (χ0) is 39.6. The molecule has 3 saturated heterocycles. The standard InChI is InChI=1S/C42H50N8O7/c1-22(44-40(53)55-3)38(51)49-15-5-7-33(49)36-43-19-32(47-36)28-13-12-26(29-17-24-9-11-27(24)35(28)29)25-10-14-31-30(18-25)42(20-57-21-42)48-37(46-31)34-8-6-16-50(34)39(52)23(2)45-41(54)56-4/h10,12-14,18-19,22-24,27,33-34H,5-9,11,15-17,20-21H2,1-4H3,(H,43,47)(H,44,53)(H,45,54)(H,46,48)/t22-,23-,24?,27?,33-,34-/m0/s1. The summed E-state index contributed by atoms with van der Waals surface area (Å²) in [6, 6.07) is 9.21. The molecule has 1 spiro atoms. The fraction of sp³-hybridized carbons (Fsp3) is 0.524. The molecule has 4 aliphatic heterocycles. The van der Waals surface area contributed by atoms with E-state index in [2.05, 4.69) is 51.3 Å². The second kappa shape index (κ2) is 14.5. The highest BCUT2D eigenvalue weighted by atomic mass is 16.5. The number of amides is 4. The number of amidine groups is 1. The van der Waals surface area contributed by atoms with Gasteiger partial charge in [0.2, 0.25) is 11.8 Å². The van der Waals surface area contributed by atoms with Crippen LogP contribution in [0.15, 0.2) is 41.5 Å². The number of anilines is 1. The number of carbonyl (C=O) groups excluding carboxylic acids is 4. The van der Waals surface area contributed by atoms with Crippen LogP contribution in [0.2, 0.25) is 0 Å². The van der Waals surface area contributed by atoms with E-state index in [4.69, 9.17) is 24.2 Å². The van der Waals surface area contributed by atoms with Crippen molar-refractivity contribution in [2.45, 2.75) is 94.4 Å². The average Bonchev–Trinajstić information content (AvgIpc) is 4.02. The number of aromatic amines is 1. The maximum Gasteiger partial charge on any atom is 0.407 e. The van der Waals surface area contributed by atoms with Crippen molar-refractivity contribution < 1.29 is 33.4 Å². The van der Waals surface area contributed by atoms with Crippen LogP contribution in [0, 0.1) is 5.92 Å². The van der Waals surface area contributed by atoms with Gasteiger partial charge in [-0.15, -0.1) is 0 Å². The highest BCUT2D eigenvalue weighted by Crippen LogP contribution is 2.56. The smallest absolute Gasteiger partial charge is 0.407 e. The fourth-order valence-electron chi connectivity index (χ4n) is 9.97. The van der Waals surface area contributed by atoms with Gasteiger partial charge in [-0.1, -0.05) is 18.2 Å². The van der Waals surface area contributed by atoms with Crippen LogP contribution in [0.1, 0.15) is 86.8 Å². The van der Waals surface area contributed by atoms with Crippen molar-refractivity contribution in [1.29, 1.82) is 0 Å². The molecule has 1 aromatic heterocycles. The molecule has 15 nitrogen and oxygen atoms in total. The predicted molar refractivity (Wildman–Crippen MR) is 211 cm³/mol. The van der Waals surface area contributed by atoms with Crippen LogP contribution in [-0.2, 0) is 35.8 Å². The molecule has 3 aromatic rings. The number of aliphatic imine (C=N–C) groups is 1. The van der Waals surface area contributed by atoms with E-state index >= 15 is 0 Å². The van der Waals surface area contributed by atoms with Gasteiger partial charge in [0, 0.05) is 29.9 Å². The van der Waals surface area contributed by atoms with Crippen molar-refractivity contribution in [3.8, 4) is 22.4 Å². The summed E-state index contributed by atoms with van der Waals surface area (Å²) in [5, 5.41) is 8.82. The number of likely N-dealkylation sites (tertiary alicyclic amines) is 2. The number of carbonyl (C=O) groups is 4. The van der Waals surface area contributed by atoms with Crippen LogP contribution in [0.25, 0.3) is 22.4 Å². The minimum absolute atomic E-state index is 0.156. The van der Waals surface area contributed by atoms with Crippen molar-refractivity contribution in [2.24, 2.45) is 10.9 Å². The van der Waals surface area contributed by atoms with E-state index in [-0.39, 0.29) is 23.9 Å². The Balaban J connectivity index is 0.991. The first-order chi connectivity index (χ1) is 27.6. The fourth-order valence-corrected chi connectivity index (χ4v) is 9.97. The van der Waals surface area contributed by atoms with Crippen molar-refractivity contribution in [2.75, 3.05) is 45.8 Å². The van der Waals surface area contributed by atoms with E-state index in [1.54, 1.807) is 13.8 Å². The predicted octanol–water partition coefficient (Wildman–Crippen LogP) is 4.99. The van der Waals surface area contributed by atoms with Gasteiger partial charge < -0.3 is 44.9 Å². The van der Waals surface area contributed by atoms with Crippen LogP contribution < -0.4 is 16.0 Å². The van der Waals surface area contributed by atoms with Gasteiger partial charge >= 0.3 is 12.2 Å². The quantitative estimate of drug-likeness (QED) is 0.245. The topological polar surface area (TPSA) is 180 Å². The van der Waals surface area contributed by atoms with Crippen molar-refractivity contribution in [3.05, 3.63) is 59.0 Å². The van der Waals surface area contributed by atoms with E-state index in [0.717, 1.165) is 72.7 Å². The summed E-state index contributed by atoms with van der Waals surface area (Å²) in [4.78, 5) is 67.8. The zero-order valence-electron chi connectivity index (χ0n) is 32.9. The van der Waals surface area contributed by atoms with Crippen LogP contribution in [0.4, 0.5) is 15.3 Å². The molecule has 4 N–H and O–H groups in total. The van der Waals surface area contributed by atoms with Crippen LogP contribution in [0.5, 0.6) is 0 Å². The molecule has 0 radical (unpaired) electrons. The summed E-state index contributed by atoms with van der Waals surface area (Å²) in [5.41, 5.74) is 8.80. The molecular weight excluding hydrogens is 729 g/mol. The van der Waals surface area contributed by atoms with Crippen molar-refractivity contribution in [3.63, 3.8) is 0 Å². The third-order valence-corrected chi connectivity index (χ3v) is 13.1. The maximum atomic E-state index is 13.5. The molecule has 300 valence electrons. The van der Waals surface area contributed by atoms with E-state index in [1.165, 1.54) is 42.9 Å². The van der Waals surface area contributed by atoms with Crippen molar-refractivity contribution >= 4 is 35.5 Å². The summed E-state index contributed by atoms with van der Waals surface area (Å²) in [6.07, 6.45) is 7.31. The first kappa shape index (κ1) is 37.2. The first-order valence-electron chi connectivity index (χ1n) is 20.2. The normalized spacial score (nSPS) is 24.8. The van der Waals surface area contributed by atoms with Gasteiger partial charge in [0.25, 0.3) is 0 Å². The second-order valence-corrected chi connectivity index (χ2v) is 16.4. The second-order valence-electron chi connectivity index (χ2n) is 16.4. The Hall–Kier alpha value is -5.44. The number of hydrogen-bond donors (Lipinski definition) is 4.